The number of nitrogens with two attached hydrogens (primary N) is 1. The third-order valence-electron chi connectivity index (χ3n) is 2.44. The van der Waals surface area contributed by atoms with Gasteiger partial charge in [-0.15, -0.1) is 0 Å². The van der Waals surface area contributed by atoms with E-state index >= 15 is 0 Å². The van der Waals surface area contributed by atoms with Crippen molar-refractivity contribution in [2.45, 2.75) is 44.1 Å². The van der Waals surface area contributed by atoms with Gasteiger partial charge in [-0.1, -0.05) is 12.8 Å². The first kappa shape index (κ1) is 8.53. The van der Waals surface area contributed by atoms with Gasteiger partial charge in [-0.3, -0.25) is 4.79 Å². The number of carboxylic acids is 1. The molecular weight excluding hydrogens is 142 g/mol. The van der Waals surface area contributed by atoms with Gasteiger partial charge in [0.25, 0.3) is 0 Å². The van der Waals surface area contributed by atoms with E-state index in [2.05, 4.69) is 0 Å². The fraction of sp³-hybridized carbons (Fsp3) is 0.875. The zero-order chi connectivity index (χ0) is 8.32. The summed E-state index contributed by atoms with van der Waals surface area (Å²) in [4.78, 5) is 10.2. The van der Waals surface area contributed by atoms with Gasteiger partial charge in [0.2, 0.25) is 0 Å². The highest BCUT2D eigenvalue weighted by Crippen LogP contribution is 2.30. The standard InChI is InChI=1S/C8H15NO2/c9-8(4-1-2-5-8)6-3-7(10)11/h1-6,9H2,(H,10,11). The molecule has 0 aromatic heterocycles. The highest BCUT2D eigenvalue weighted by atomic mass is 16.4. The molecule has 0 atom stereocenters. The van der Waals surface area contributed by atoms with Gasteiger partial charge >= 0.3 is 5.97 Å². The van der Waals surface area contributed by atoms with E-state index in [4.69, 9.17) is 10.8 Å². The summed E-state index contributed by atoms with van der Waals surface area (Å²) in [5, 5.41) is 8.43. The maximum absolute atomic E-state index is 10.2. The third kappa shape index (κ3) is 2.50. The average Bonchev–Trinajstić information content (AvgIpc) is 2.33. The highest BCUT2D eigenvalue weighted by molar-refractivity contribution is 5.66. The molecule has 0 spiro atoms. The first-order valence-electron chi connectivity index (χ1n) is 4.13. The first-order chi connectivity index (χ1) is 5.12. The Morgan fingerprint density at radius 2 is 2.00 bits per heavy atom. The molecule has 0 radical (unpaired) electrons. The summed E-state index contributed by atoms with van der Waals surface area (Å²) in [5.74, 6) is -0.735. The van der Waals surface area contributed by atoms with Crippen LogP contribution < -0.4 is 5.73 Å². The van der Waals surface area contributed by atoms with Crippen molar-refractivity contribution in [2.75, 3.05) is 0 Å². The maximum Gasteiger partial charge on any atom is 0.303 e. The van der Waals surface area contributed by atoms with Crippen molar-refractivity contribution in [2.24, 2.45) is 5.73 Å². The van der Waals surface area contributed by atoms with Gasteiger partial charge in [0, 0.05) is 12.0 Å². The maximum atomic E-state index is 10.2. The SMILES string of the molecule is NC1(CCC(=O)O)CCCC1. The lowest BCUT2D eigenvalue weighted by Gasteiger charge is -2.21. The summed E-state index contributed by atoms with van der Waals surface area (Å²) in [7, 11) is 0. The fourth-order valence-electron chi connectivity index (χ4n) is 1.69. The summed E-state index contributed by atoms with van der Waals surface area (Å²) >= 11 is 0. The molecule has 0 bridgehead atoms. The first-order valence-corrected chi connectivity index (χ1v) is 4.13. The largest absolute Gasteiger partial charge is 0.481 e. The number of carbonyl (C=O) groups is 1. The minimum absolute atomic E-state index is 0.154. The molecule has 64 valence electrons. The molecule has 11 heavy (non-hydrogen) atoms. The van der Waals surface area contributed by atoms with Crippen molar-refractivity contribution in [1.29, 1.82) is 0 Å². The smallest absolute Gasteiger partial charge is 0.303 e. The number of hydrogen-bond donors (Lipinski definition) is 2. The zero-order valence-corrected chi connectivity index (χ0v) is 6.68. The van der Waals surface area contributed by atoms with Crippen LogP contribution in [0.15, 0.2) is 0 Å². The van der Waals surface area contributed by atoms with Crippen LogP contribution in [-0.4, -0.2) is 16.6 Å². The minimum atomic E-state index is -0.735. The summed E-state index contributed by atoms with van der Waals surface area (Å²) in [6, 6.07) is 0. The normalized spacial score (nSPS) is 21.9. The Bertz CT molecular complexity index is 150. The Balaban J connectivity index is 2.28. The predicted molar refractivity (Wildman–Crippen MR) is 42.3 cm³/mol. The molecule has 1 saturated carbocycles. The van der Waals surface area contributed by atoms with E-state index in [1.54, 1.807) is 0 Å². The summed E-state index contributed by atoms with van der Waals surface area (Å²) < 4.78 is 0. The lowest BCUT2D eigenvalue weighted by Crippen LogP contribution is -2.36. The second kappa shape index (κ2) is 3.22. The van der Waals surface area contributed by atoms with Crippen molar-refractivity contribution in [1.82, 2.24) is 0 Å². The molecule has 0 saturated heterocycles. The van der Waals surface area contributed by atoms with E-state index in [9.17, 15) is 4.79 Å². The average molecular weight is 157 g/mol. The molecule has 1 aliphatic carbocycles. The van der Waals surface area contributed by atoms with Crippen molar-refractivity contribution < 1.29 is 9.90 Å². The Hall–Kier alpha value is -0.570. The molecule has 3 N–H and O–H groups in total. The van der Waals surface area contributed by atoms with Gasteiger partial charge in [0.1, 0.15) is 0 Å². The number of carboxylic acid groups (broad SMARTS) is 1. The Morgan fingerprint density at radius 3 is 2.45 bits per heavy atom. The van der Waals surface area contributed by atoms with E-state index in [0.29, 0.717) is 6.42 Å². The number of rotatable bonds is 3. The molecular formula is C8H15NO2. The molecule has 0 aromatic carbocycles. The van der Waals surface area contributed by atoms with Crippen LogP contribution in [0.1, 0.15) is 38.5 Å². The summed E-state index contributed by atoms with van der Waals surface area (Å²) in [5.41, 5.74) is 5.79. The second-order valence-electron chi connectivity index (χ2n) is 3.46. The van der Waals surface area contributed by atoms with E-state index < -0.39 is 5.97 Å². The van der Waals surface area contributed by atoms with Gasteiger partial charge in [-0.25, -0.2) is 0 Å². The Kier molecular flexibility index (Phi) is 2.49. The molecule has 0 aromatic rings. The van der Waals surface area contributed by atoms with Crippen molar-refractivity contribution >= 4 is 5.97 Å². The van der Waals surface area contributed by atoms with Crippen LogP contribution >= 0.6 is 0 Å². The number of aliphatic carboxylic acids is 1. The Labute approximate surface area is 66.6 Å². The van der Waals surface area contributed by atoms with Gasteiger partial charge in [0.15, 0.2) is 0 Å². The van der Waals surface area contributed by atoms with Crippen LogP contribution in [0.4, 0.5) is 0 Å². The lowest BCUT2D eigenvalue weighted by atomic mass is 9.93. The molecule has 1 aliphatic rings. The molecule has 1 rings (SSSR count). The number of hydrogen-bond acceptors (Lipinski definition) is 2. The fourth-order valence-corrected chi connectivity index (χ4v) is 1.69. The highest BCUT2D eigenvalue weighted by Gasteiger charge is 2.29. The van der Waals surface area contributed by atoms with Gasteiger partial charge in [0.05, 0.1) is 0 Å². The van der Waals surface area contributed by atoms with Crippen LogP contribution in [-0.2, 0) is 4.79 Å². The molecule has 3 nitrogen and oxygen atoms in total. The van der Waals surface area contributed by atoms with Crippen LogP contribution in [0.2, 0.25) is 0 Å². The zero-order valence-electron chi connectivity index (χ0n) is 6.68. The lowest BCUT2D eigenvalue weighted by molar-refractivity contribution is -0.137. The van der Waals surface area contributed by atoms with Crippen LogP contribution in [0.25, 0.3) is 0 Å². The monoisotopic (exact) mass is 157 g/mol. The van der Waals surface area contributed by atoms with Crippen LogP contribution in [0.5, 0.6) is 0 Å². The van der Waals surface area contributed by atoms with Crippen molar-refractivity contribution in [3.8, 4) is 0 Å². The molecule has 0 aliphatic heterocycles. The quantitative estimate of drug-likeness (QED) is 0.645. The summed E-state index contributed by atoms with van der Waals surface area (Å²) in [6.07, 6.45) is 5.19. The van der Waals surface area contributed by atoms with Crippen molar-refractivity contribution in [3.05, 3.63) is 0 Å². The minimum Gasteiger partial charge on any atom is -0.481 e. The molecule has 0 heterocycles. The van der Waals surface area contributed by atoms with Gasteiger partial charge < -0.3 is 10.8 Å². The molecule has 3 heteroatoms. The van der Waals surface area contributed by atoms with Crippen LogP contribution in [0.3, 0.4) is 0 Å². The molecule has 0 amide bonds. The second-order valence-corrected chi connectivity index (χ2v) is 3.46. The summed E-state index contributed by atoms with van der Waals surface area (Å²) in [6.45, 7) is 0. The van der Waals surface area contributed by atoms with E-state index in [1.807, 2.05) is 0 Å². The van der Waals surface area contributed by atoms with Crippen LogP contribution in [0, 0.1) is 0 Å². The van der Waals surface area contributed by atoms with E-state index in [1.165, 1.54) is 0 Å². The predicted octanol–water partition coefficient (Wildman–Crippen LogP) is 1.12. The van der Waals surface area contributed by atoms with E-state index in [-0.39, 0.29) is 12.0 Å². The van der Waals surface area contributed by atoms with Gasteiger partial charge in [-0.2, -0.15) is 0 Å². The Morgan fingerprint density at radius 1 is 1.45 bits per heavy atom. The van der Waals surface area contributed by atoms with Gasteiger partial charge in [-0.05, 0) is 19.3 Å². The topological polar surface area (TPSA) is 63.3 Å². The van der Waals surface area contributed by atoms with E-state index in [0.717, 1.165) is 25.7 Å². The molecule has 1 fully saturated rings. The molecule has 0 unspecified atom stereocenters. The van der Waals surface area contributed by atoms with Crippen molar-refractivity contribution in [3.63, 3.8) is 0 Å². The third-order valence-corrected chi connectivity index (χ3v) is 2.44.